The van der Waals surface area contributed by atoms with Gasteiger partial charge in [-0.1, -0.05) is 0 Å². The number of aromatic nitrogens is 1. The Morgan fingerprint density at radius 2 is 2.30 bits per heavy atom. The molecule has 0 spiro atoms. The third-order valence-corrected chi connectivity index (χ3v) is 4.00. The number of amides is 1. The van der Waals surface area contributed by atoms with Crippen molar-refractivity contribution in [2.45, 2.75) is 32.8 Å². The number of fused-ring (bicyclic) bond motifs is 1. The predicted molar refractivity (Wildman–Crippen MR) is 75.0 cm³/mol. The van der Waals surface area contributed by atoms with Crippen LogP contribution < -0.4 is 9.64 Å². The highest BCUT2D eigenvalue weighted by Crippen LogP contribution is 2.33. The Labute approximate surface area is 118 Å². The summed E-state index contributed by atoms with van der Waals surface area (Å²) in [7, 11) is 0. The monoisotopic (exact) mass is 276 g/mol. The van der Waals surface area contributed by atoms with Crippen LogP contribution in [0.5, 0.6) is 5.88 Å². The molecule has 1 aromatic rings. The van der Waals surface area contributed by atoms with Gasteiger partial charge in [-0.25, -0.2) is 4.98 Å². The molecule has 2 aliphatic rings. The van der Waals surface area contributed by atoms with Crippen LogP contribution in [0.2, 0.25) is 0 Å². The summed E-state index contributed by atoms with van der Waals surface area (Å²) in [5, 5.41) is 0. The molecule has 3 heterocycles. The average molecular weight is 276 g/mol. The molecule has 2 atom stereocenters. The lowest BCUT2D eigenvalue weighted by Gasteiger charge is -2.35. The summed E-state index contributed by atoms with van der Waals surface area (Å²) in [6.07, 6.45) is 3.59. The van der Waals surface area contributed by atoms with Gasteiger partial charge in [0, 0.05) is 12.8 Å². The topological polar surface area (TPSA) is 51.7 Å². The van der Waals surface area contributed by atoms with Gasteiger partial charge in [-0.05, 0) is 38.3 Å². The maximum absolute atomic E-state index is 12.8. The quantitative estimate of drug-likeness (QED) is 0.786. The first-order chi connectivity index (χ1) is 9.66. The number of anilines is 1. The van der Waals surface area contributed by atoms with Crippen LogP contribution in [0.4, 0.5) is 5.69 Å². The average Bonchev–Trinajstić information content (AvgIpc) is 2.46. The molecular weight excluding hydrogens is 256 g/mol. The highest BCUT2D eigenvalue weighted by atomic mass is 16.5. The van der Waals surface area contributed by atoms with E-state index < -0.39 is 0 Å². The molecule has 1 saturated heterocycles. The van der Waals surface area contributed by atoms with Crippen molar-refractivity contribution in [2.24, 2.45) is 5.92 Å². The number of hydrogen-bond acceptors (Lipinski definition) is 4. The molecule has 5 heteroatoms. The number of carbonyl (C=O) groups is 1. The van der Waals surface area contributed by atoms with E-state index in [1.54, 1.807) is 6.20 Å². The summed E-state index contributed by atoms with van der Waals surface area (Å²) in [5.74, 6) is 0.629. The van der Waals surface area contributed by atoms with Gasteiger partial charge in [-0.3, -0.25) is 4.79 Å². The molecular formula is C15H20N2O3. The van der Waals surface area contributed by atoms with Gasteiger partial charge in [0.2, 0.25) is 11.8 Å². The lowest BCUT2D eigenvalue weighted by Crippen LogP contribution is -2.46. The number of nitrogens with zero attached hydrogens (tertiary/aromatic N) is 2. The summed E-state index contributed by atoms with van der Waals surface area (Å²) in [6.45, 7) is 5.79. The molecule has 2 aliphatic heterocycles. The third kappa shape index (κ3) is 2.38. The molecule has 1 amide bonds. The predicted octanol–water partition coefficient (Wildman–Crippen LogP) is 1.93. The normalized spacial score (nSPS) is 25.8. The Kier molecular flexibility index (Phi) is 3.61. The van der Waals surface area contributed by atoms with E-state index in [0.29, 0.717) is 19.0 Å². The van der Waals surface area contributed by atoms with E-state index in [2.05, 4.69) is 4.98 Å². The second kappa shape index (κ2) is 5.40. The Hall–Kier alpha value is -1.62. The van der Waals surface area contributed by atoms with Gasteiger partial charge in [0.05, 0.1) is 18.6 Å². The highest BCUT2D eigenvalue weighted by Gasteiger charge is 2.35. The lowest BCUT2D eigenvalue weighted by atomic mass is 9.93. The Morgan fingerprint density at radius 3 is 3.10 bits per heavy atom. The zero-order chi connectivity index (χ0) is 14.1. The van der Waals surface area contributed by atoms with Crippen molar-refractivity contribution in [2.75, 3.05) is 24.7 Å². The van der Waals surface area contributed by atoms with Crippen molar-refractivity contribution in [1.82, 2.24) is 4.98 Å². The van der Waals surface area contributed by atoms with E-state index >= 15 is 0 Å². The second-order valence-corrected chi connectivity index (χ2v) is 5.50. The minimum absolute atomic E-state index is 0.0136. The van der Waals surface area contributed by atoms with Gasteiger partial charge >= 0.3 is 0 Å². The number of pyridine rings is 1. The Bertz CT molecular complexity index is 518. The first-order valence-corrected chi connectivity index (χ1v) is 7.19. The van der Waals surface area contributed by atoms with E-state index in [1.165, 1.54) is 0 Å². The standard InChI is InChI=1S/C15H20N2O3/c1-10-8-13-14(16-9-10)20-7-5-17(13)15(18)12-4-3-6-19-11(12)2/h8-9,11-12H,3-7H2,1-2H3/t11-,12-/m0/s1. The molecule has 0 bridgehead atoms. The largest absolute Gasteiger partial charge is 0.474 e. The van der Waals surface area contributed by atoms with Crippen molar-refractivity contribution in [3.8, 4) is 5.88 Å². The SMILES string of the molecule is Cc1cnc2c(c1)N(C(=O)[C@H]1CCCO[C@H]1C)CCO2. The molecule has 0 radical (unpaired) electrons. The maximum Gasteiger partial charge on any atom is 0.238 e. The fourth-order valence-electron chi connectivity index (χ4n) is 2.88. The summed E-state index contributed by atoms with van der Waals surface area (Å²) < 4.78 is 11.2. The highest BCUT2D eigenvalue weighted by molar-refractivity contribution is 5.97. The van der Waals surface area contributed by atoms with Gasteiger partial charge < -0.3 is 14.4 Å². The van der Waals surface area contributed by atoms with Crippen molar-refractivity contribution in [1.29, 1.82) is 0 Å². The molecule has 3 rings (SSSR count). The molecule has 0 aliphatic carbocycles. The molecule has 0 N–H and O–H groups in total. The van der Waals surface area contributed by atoms with Crippen molar-refractivity contribution >= 4 is 11.6 Å². The molecule has 0 unspecified atom stereocenters. The van der Waals surface area contributed by atoms with Crippen molar-refractivity contribution < 1.29 is 14.3 Å². The molecule has 108 valence electrons. The molecule has 0 saturated carbocycles. The van der Waals surface area contributed by atoms with Crippen LogP contribution in [0.25, 0.3) is 0 Å². The second-order valence-electron chi connectivity index (χ2n) is 5.50. The van der Waals surface area contributed by atoms with Gasteiger partial charge in [-0.15, -0.1) is 0 Å². The van der Waals surface area contributed by atoms with Crippen LogP contribution in [0, 0.1) is 12.8 Å². The molecule has 1 aromatic heterocycles. The Morgan fingerprint density at radius 1 is 1.45 bits per heavy atom. The fraction of sp³-hybridized carbons (Fsp3) is 0.600. The zero-order valence-corrected chi connectivity index (χ0v) is 12.0. The van der Waals surface area contributed by atoms with Gasteiger partial charge in [0.1, 0.15) is 12.3 Å². The summed E-state index contributed by atoms with van der Waals surface area (Å²) in [5.41, 5.74) is 1.82. The zero-order valence-electron chi connectivity index (χ0n) is 12.0. The lowest BCUT2D eigenvalue weighted by molar-refractivity contribution is -0.130. The van der Waals surface area contributed by atoms with E-state index in [-0.39, 0.29) is 17.9 Å². The van der Waals surface area contributed by atoms with Gasteiger partial charge in [0.25, 0.3) is 0 Å². The maximum atomic E-state index is 12.8. The van der Waals surface area contributed by atoms with Crippen molar-refractivity contribution in [3.05, 3.63) is 17.8 Å². The van der Waals surface area contributed by atoms with Gasteiger partial charge in [0.15, 0.2) is 0 Å². The first kappa shape index (κ1) is 13.4. The smallest absolute Gasteiger partial charge is 0.238 e. The van der Waals surface area contributed by atoms with Crippen LogP contribution >= 0.6 is 0 Å². The van der Waals surface area contributed by atoms with E-state index in [9.17, 15) is 4.79 Å². The minimum Gasteiger partial charge on any atom is -0.474 e. The minimum atomic E-state index is -0.0600. The van der Waals surface area contributed by atoms with Crippen LogP contribution in [-0.2, 0) is 9.53 Å². The van der Waals surface area contributed by atoms with Crippen molar-refractivity contribution in [3.63, 3.8) is 0 Å². The number of ether oxygens (including phenoxy) is 2. The van der Waals surface area contributed by atoms with E-state index in [1.807, 2.05) is 24.8 Å². The third-order valence-electron chi connectivity index (χ3n) is 4.00. The van der Waals surface area contributed by atoms with Crippen LogP contribution in [-0.4, -0.2) is 36.8 Å². The molecule has 0 aromatic carbocycles. The number of aryl methyl sites for hydroxylation is 1. The Balaban J connectivity index is 1.88. The number of carbonyl (C=O) groups excluding carboxylic acids is 1. The molecule has 20 heavy (non-hydrogen) atoms. The van der Waals surface area contributed by atoms with E-state index in [4.69, 9.17) is 9.47 Å². The molecule has 1 fully saturated rings. The number of hydrogen-bond donors (Lipinski definition) is 0. The first-order valence-electron chi connectivity index (χ1n) is 7.19. The molecule has 5 nitrogen and oxygen atoms in total. The van der Waals surface area contributed by atoms with Crippen LogP contribution in [0.15, 0.2) is 12.3 Å². The fourth-order valence-corrected chi connectivity index (χ4v) is 2.88. The summed E-state index contributed by atoms with van der Waals surface area (Å²) in [4.78, 5) is 18.9. The summed E-state index contributed by atoms with van der Waals surface area (Å²) >= 11 is 0. The van der Waals surface area contributed by atoms with Crippen LogP contribution in [0.3, 0.4) is 0 Å². The van der Waals surface area contributed by atoms with Gasteiger partial charge in [-0.2, -0.15) is 0 Å². The number of rotatable bonds is 1. The van der Waals surface area contributed by atoms with Crippen LogP contribution in [0.1, 0.15) is 25.3 Å². The van der Waals surface area contributed by atoms with E-state index in [0.717, 1.165) is 30.7 Å². The summed E-state index contributed by atoms with van der Waals surface area (Å²) in [6, 6.07) is 1.97.